The smallest absolute Gasteiger partial charge is 0.335 e. The fraction of sp³-hybridized carbons (Fsp3) is 0.0435. The third-order valence-electron chi connectivity index (χ3n) is 4.82. The molecule has 0 bridgehead atoms. The predicted octanol–water partition coefficient (Wildman–Crippen LogP) is 5.10. The Morgan fingerprint density at radius 3 is 2.47 bits per heavy atom. The number of para-hydroxylation sites is 1. The minimum Gasteiger partial charge on any atom is -0.505 e. The number of aromatic carboxylic acids is 1. The Morgan fingerprint density at radius 2 is 1.75 bits per heavy atom. The van der Waals surface area contributed by atoms with E-state index < -0.39 is 17.3 Å². The van der Waals surface area contributed by atoms with Crippen molar-refractivity contribution in [1.29, 1.82) is 0 Å². The van der Waals surface area contributed by atoms with Crippen LogP contribution in [0.3, 0.4) is 0 Å². The van der Waals surface area contributed by atoms with Crippen LogP contribution in [0.2, 0.25) is 0 Å². The van der Waals surface area contributed by atoms with E-state index in [4.69, 9.17) is 0 Å². The first-order valence-electron chi connectivity index (χ1n) is 9.50. The molecule has 3 N–H and O–H groups in total. The van der Waals surface area contributed by atoms with E-state index in [1.165, 1.54) is 47.1 Å². The molecule has 1 aromatic heterocycles. The van der Waals surface area contributed by atoms with Crippen molar-refractivity contribution in [3.8, 4) is 22.6 Å². The largest absolute Gasteiger partial charge is 0.505 e. The molecular weight excluding hydrogens is 415 g/mol. The van der Waals surface area contributed by atoms with Crippen molar-refractivity contribution in [2.24, 2.45) is 10.2 Å². The maximum atomic E-state index is 13.2. The number of carboxylic acid groups (broad SMARTS) is 1. The van der Waals surface area contributed by atoms with Crippen molar-refractivity contribution >= 4 is 17.3 Å². The summed E-state index contributed by atoms with van der Waals surface area (Å²) in [5.74, 6) is -1.71. The molecule has 0 amide bonds. The number of phenolic OH excluding ortho intramolecular Hbond substituents is 1. The molecule has 9 heteroatoms. The topological polar surface area (TPSA) is 120 Å². The number of hydrogen-bond acceptors (Lipinski definition) is 5. The number of carboxylic acids is 1. The quantitative estimate of drug-likeness (QED) is 0.380. The van der Waals surface area contributed by atoms with Crippen LogP contribution in [0, 0.1) is 12.7 Å². The molecule has 0 fully saturated rings. The highest BCUT2D eigenvalue weighted by atomic mass is 19.1. The Balaban J connectivity index is 1.70. The summed E-state index contributed by atoms with van der Waals surface area (Å²) in [6.45, 7) is 1.64. The summed E-state index contributed by atoms with van der Waals surface area (Å²) in [6, 6.07) is 16.3. The number of rotatable bonds is 5. The van der Waals surface area contributed by atoms with Gasteiger partial charge in [0, 0.05) is 5.56 Å². The van der Waals surface area contributed by atoms with E-state index in [2.05, 4.69) is 15.3 Å². The maximum absolute atomic E-state index is 13.2. The summed E-state index contributed by atoms with van der Waals surface area (Å²) in [6.07, 6.45) is 0. The first-order valence-corrected chi connectivity index (χ1v) is 9.50. The summed E-state index contributed by atoms with van der Waals surface area (Å²) >= 11 is 0. The molecule has 160 valence electrons. The summed E-state index contributed by atoms with van der Waals surface area (Å²) in [5, 5.41) is 30.8. The number of benzene rings is 3. The van der Waals surface area contributed by atoms with E-state index >= 15 is 0 Å². The zero-order valence-corrected chi connectivity index (χ0v) is 16.8. The third kappa shape index (κ3) is 3.91. The zero-order valence-electron chi connectivity index (χ0n) is 16.8. The minimum atomic E-state index is -1.08. The van der Waals surface area contributed by atoms with Gasteiger partial charge in [-0.25, -0.2) is 13.9 Å². The van der Waals surface area contributed by atoms with E-state index in [1.54, 1.807) is 31.2 Å². The predicted molar refractivity (Wildman–Crippen MR) is 116 cm³/mol. The van der Waals surface area contributed by atoms with Gasteiger partial charge in [-0.1, -0.05) is 24.3 Å². The number of hydrogen-bond donors (Lipinski definition) is 3. The number of H-pyrrole nitrogens is 1. The highest BCUT2D eigenvalue weighted by Gasteiger charge is 2.14. The number of phenols is 1. The third-order valence-corrected chi connectivity index (χ3v) is 4.82. The number of aromatic hydroxyl groups is 1. The van der Waals surface area contributed by atoms with Gasteiger partial charge in [0.15, 0.2) is 11.4 Å². The number of azo groups is 1. The van der Waals surface area contributed by atoms with E-state index in [9.17, 15) is 24.2 Å². The highest BCUT2D eigenvalue weighted by Crippen LogP contribution is 2.38. The Bertz CT molecular complexity index is 1400. The van der Waals surface area contributed by atoms with E-state index in [-0.39, 0.29) is 22.7 Å². The number of nitrogens with zero attached hydrogens (tertiary/aromatic N) is 3. The van der Waals surface area contributed by atoms with Crippen LogP contribution in [0.15, 0.2) is 81.8 Å². The number of nitrogens with one attached hydrogen (secondary N) is 1. The average Bonchev–Trinajstić information content (AvgIpc) is 3.07. The number of aryl methyl sites for hydroxylation is 1. The second-order valence-corrected chi connectivity index (χ2v) is 6.96. The zero-order chi connectivity index (χ0) is 22.8. The Hall–Kier alpha value is -4.53. The number of carbonyl (C=O) groups is 1. The monoisotopic (exact) mass is 432 g/mol. The molecule has 1 heterocycles. The van der Waals surface area contributed by atoms with Crippen molar-refractivity contribution < 1.29 is 19.4 Å². The van der Waals surface area contributed by atoms with Crippen molar-refractivity contribution in [2.75, 3.05) is 0 Å². The maximum Gasteiger partial charge on any atom is 0.335 e. The second kappa shape index (κ2) is 8.31. The Kier molecular flexibility index (Phi) is 5.38. The van der Waals surface area contributed by atoms with Crippen molar-refractivity contribution in [3.05, 3.63) is 94.2 Å². The lowest BCUT2D eigenvalue weighted by Gasteiger charge is -2.07. The van der Waals surface area contributed by atoms with Crippen LogP contribution in [-0.4, -0.2) is 26.0 Å². The van der Waals surface area contributed by atoms with E-state index in [1.807, 2.05) is 0 Å². The van der Waals surface area contributed by atoms with Crippen LogP contribution in [0.4, 0.5) is 15.8 Å². The summed E-state index contributed by atoms with van der Waals surface area (Å²) in [5.41, 5.74) is 1.48. The molecule has 8 nitrogen and oxygen atoms in total. The normalized spacial score (nSPS) is 11.2. The van der Waals surface area contributed by atoms with Crippen molar-refractivity contribution in [3.63, 3.8) is 0 Å². The molecule has 4 aromatic rings. The molecule has 0 atom stereocenters. The van der Waals surface area contributed by atoms with Crippen molar-refractivity contribution in [1.82, 2.24) is 9.78 Å². The average molecular weight is 432 g/mol. The molecule has 0 spiro atoms. The molecule has 0 unspecified atom stereocenters. The molecule has 0 aliphatic rings. The van der Waals surface area contributed by atoms with Gasteiger partial charge in [-0.3, -0.25) is 9.89 Å². The summed E-state index contributed by atoms with van der Waals surface area (Å²) in [4.78, 5) is 24.0. The second-order valence-electron chi connectivity index (χ2n) is 6.96. The Labute approximate surface area is 180 Å². The van der Waals surface area contributed by atoms with Crippen LogP contribution in [0.25, 0.3) is 16.8 Å². The van der Waals surface area contributed by atoms with Gasteiger partial charge in [0.1, 0.15) is 11.5 Å². The number of halogens is 1. The van der Waals surface area contributed by atoms with Gasteiger partial charge in [-0.05, 0) is 55.0 Å². The molecule has 0 aliphatic heterocycles. The number of aromatic nitrogens is 2. The minimum absolute atomic E-state index is 0.0343. The lowest BCUT2D eigenvalue weighted by molar-refractivity contribution is 0.0697. The lowest BCUT2D eigenvalue weighted by Crippen LogP contribution is -2.13. The van der Waals surface area contributed by atoms with E-state index in [0.717, 1.165) is 0 Å². The molecule has 0 aliphatic carbocycles. The van der Waals surface area contributed by atoms with Crippen molar-refractivity contribution in [2.45, 2.75) is 6.92 Å². The van der Waals surface area contributed by atoms with Crippen LogP contribution in [-0.2, 0) is 0 Å². The first-order chi connectivity index (χ1) is 15.3. The van der Waals surface area contributed by atoms with Crippen LogP contribution in [0.5, 0.6) is 5.75 Å². The lowest BCUT2D eigenvalue weighted by atomic mass is 10.0. The summed E-state index contributed by atoms with van der Waals surface area (Å²) in [7, 11) is 0. The van der Waals surface area contributed by atoms with Crippen LogP contribution < -0.4 is 5.56 Å². The van der Waals surface area contributed by atoms with Crippen LogP contribution >= 0.6 is 0 Å². The molecule has 3 aromatic carbocycles. The number of aromatic amines is 1. The molecule has 0 radical (unpaired) electrons. The van der Waals surface area contributed by atoms with E-state index in [0.29, 0.717) is 22.5 Å². The molecular formula is C23H17FN4O4. The van der Waals surface area contributed by atoms with Gasteiger partial charge in [0.25, 0.3) is 5.56 Å². The summed E-state index contributed by atoms with van der Waals surface area (Å²) < 4.78 is 14.4. The van der Waals surface area contributed by atoms with Gasteiger partial charge in [-0.2, -0.15) is 0 Å². The Morgan fingerprint density at radius 1 is 1.03 bits per heavy atom. The van der Waals surface area contributed by atoms with Gasteiger partial charge in [-0.15, -0.1) is 10.2 Å². The standard InChI is InChI=1S/C23H17FN4O4/c1-13-20(22(30)28(27-13)17-10-8-16(24)9-11-17)26-25-19-7-3-6-18(21(19)29)14-4-2-5-15(12-14)23(31)32/h2-12,27,29H,1H3,(H,31,32). The SMILES string of the molecule is Cc1[nH]n(-c2ccc(F)cc2)c(=O)c1N=Nc1cccc(-c2cccc(C(=O)O)c2)c1O. The molecule has 0 saturated heterocycles. The molecule has 0 saturated carbocycles. The van der Waals surface area contributed by atoms with Gasteiger partial charge in [0.05, 0.1) is 16.9 Å². The fourth-order valence-corrected chi connectivity index (χ4v) is 3.20. The molecule has 32 heavy (non-hydrogen) atoms. The van der Waals surface area contributed by atoms with Gasteiger partial charge < -0.3 is 10.2 Å². The first kappa shape index (κ1) is 20.7. The fourth-order valence-electron chi connectivity index (χ4n) is 3.20. The van der Waals surface area contributed by atoms with Crippen LogP contribution in [0.1, 0.15) is 16.1 Å². The van der Waals surface area contributed by atoms with Gasteiger partial charge >= 0.3 is 5.97 Å². The molecule has 4 rings (SSSR count). The van der Waals surface area contributed by atoms with Gasteiger partial charge in [0.2, 0.25) is 0 Å². The highest BCUT2D eigenvalue weighted by molar-refractivity contribution is 5.90.